The van der Waals surface area contributed by atoms with E-state index in [9.17, 15) is 9.90 Å². The predicted molar refractivity (Wildman–Crippen MR) is 75.4 cm³/mol. The van der Waals surface area contributed by atoms with Crippen molar-refractivity contribution in [2.45, 2.75) is 0 Å². The number of nitrogens with one attached hydrogen (secondary N) is 1. The van der Waals surface area contributed by atoms with Crippen LogP contribution in [0.3, 0.4) is 0 Å². The number of quaternary nitrogens is 1. The molecule has 0 amide bonds. The van der Waals surface area contributed by atoms with Crippen LogP contribution in [0.5, 0.6) is 0 Å². The van der Waals surface area contributed by atoms with E-state index in [2.05, 4.69) is 19.1 Å². The summed E-state index contributed by atoms with van der Waals surface area (Å²) in [5.41, 5.74) is 1.27. The highest BCUT2D eigenvalue weighted by molar-refractivity contribution is 7.18. The molecule has 2 heterocycles. The van der Waals surface area contributed by atoms with Crippen LogP contribution in [0.15, 0.2) is 30.6 Å². The zero-order chi connectivity index (χ0) is 14.4. The molecule has 4 nitrogen and oxygen atoms in total. The van der Waals surface area contributed by atoms with Crippen LogP contribution in [-0.2, 0) is 0 Å². The van der Waals surface area contributed by atoms with E-state index >= 15 is 0 Å². The van der Waals surface area contributed by atoms with Crippen molar-refractivity contribution >= 4 is 46.2 Å². The second kappa shape index (κ2) is 7.45. The van der Waals surface area contributed by atoms with E-state index in [0.717, 1.165) is 11.3 Å². The van der Waals surface area contributed by atoms with E-state index in [1.54, 1.807) is 0 Å². The first kappa shape index (κ1) is 15.9. The summed E-state index contributed by atoms with van der Waals surface area (Å²) in [5.74, 6) is -1.25. The molecule has 0 aliphatic heterocycles. The Morgan fingerprint density at radius 2 is 1.89 bits per heavy atom. The second-order valence-corrected chi connectivity index (χ2v) is 5.82. The summed E-state index contributed by atoms with van der Waals surface area (Å²) in [7, 11) is 4.19. The number of nitrogens with zero attached hydrogens (tertiary/aromatic N) is 1. The van der Waals surface area contributed by atoms with Crippen LogP contribution in [-0.4, -0.2) is 25.0 Å². The van der Waals surface area contributed by atoms with Gasteiger partial charge in [0.2, 0.25) is 0 Å². The van der Waals surface area contributed by atoms with E-state index in [1.165, 1.54) is 16.7 Å². The van der Waals surface area contributed by atoms with Gasteiger partial charge in [-0.2, -0.15) is 0 Å². The van der Waals surface area contributed by atoms with Crippen LogP contribution < -0.4 is 10.0 Å². The molecule has 2 aromatic heterocycles. The Morgan fingerprint density at radius 3 is 2.16 bits per heavy atom. The third-order valence-electron chi connectivity index (χ3n) is 2.10. The third-order valence-corrected chi connectivity index (χ3v) is 3.95. The average molecular weight is 319 g/mol. The monoisotopic (exact) mass is 318 g/mol. The lowest BCUT2D eigenvalue weighted by molar-refractivity contribution is -0.786. The maximum atomic E-state index is 10.1. The van der Waals surface area contributed by atoms with E-state index in [0.29, 0.717) is 0 Å². The summed E-state index contributed by atoms with van der Waals surface area (Å²) in [6.45, 7) is 0. The quantitative estimate of drug-likeness (QED) is 0.907. The fraction of sp³-hybridized carbons (Fsp3) is 0.167. The number of hydrogen-bond donors (Lipinski definition) is 1. The SMILES string of the molecule is C[NH+](C)c1ccncc1.O=C([O-])c1cc(Cl)c(Cl)s1. The molecule has 1 N–H and O–H groups in total. The Bertz CT molecular complexity index is 524. The molecule has 7 heteroatoms. The van der Waals surface area contributed by atoms with Crippen molar-refractivity contribution in [2.75, 3.05) is 14.1 Å². The number of halogens is 2. The van der Waals surface area contributed by atoms with Gasteiger partial charge in [0.25, 0.3) is 0 Å². The highest BCUT2D eigenvalue weighted by Crippen LogP contribution is 2.30. The third kappa shape index (κ3) is 5.16. The normalized spacial score (nSPS) is 9.95. The molecule has 0 fully saturated rings. The fourth-order valence-corrected chi connectivity index (χ4v) is 2.34. The van der Waals surface area contributed by atoms with Crippen LogP contribution in [0.2, 0.25) is 9.36 Å². The van der Waals surface area contributed by atoms with Gasteiger partial charge < -0.3 is 14.8 Å². The van der Waals surface area contributed by atoms with Gasteiger partial charge in [-0.3, -0.25) is 4.98 Å². The smallest absolute Gasteiger partial charge is 0.133 e. The summed E-state index contributed by atoms with van der Waals surface area (Å²) >= 11 is 11.8. The second-order valence-electron chi connectivity index (χ2n) is 3.76. The van der Waals surface area contributed by atoms with Crippen LogP contribution >= 0.6 is 34.5 Å². The van der Waals surface area contributed by atoms with Gasteiger partial charge in [-0.05, 0) is 6.07 Å². The zero-order valence-corrected chi connectivity index (χ0v) is 12.6. The summed E-state index contributed by atoms with van der Waals surface area (Å²) in [6, 6.07) is 5.29. The molecule has 0 aromatic carbocycles. The van der Waals surface area contributed by atoms with Gasteiger partial charge in [0.1, 0.15) is 10.0 Å². The van der Waals surface area contributed by atoms with Crippen molar-refractivity contribution in [1.29, 1.82) is 0 Å². The molecular weight excluding hydrogens is 307 g/mol. The van der Waals surface area contributed by atoms with Crippen molar-refractivity contribution in [3.8, 4) is 0 Å². The highest BCUT2D eigenvalue weighted by atomic mass is 35.5. The first-order chi connectivity index (χ1) is 8.91. The lowest BCUT2D eigenvalue weighted by Gasteiger charge is -2.03. The largest absolute Gasteiger partial charge is 0.544 e. The topological polar surface area (TPSA) is 57.5 Å². The van der Waals surface area contributed by atoms with Crippen LogP contribution in [0.4, 0.5) is 5.69 Å². The molecule has 0 radical (unpaired) electrons. The van der Waals surface area contributed by atoms with E-state index in [4.69, 9.17) is 23.2 Å². The molecule has 19 heavy (non-hydrogen) atoms. The van der Waals surface area contributed by atoms with Crippen molar-refractivity contribution in [1.82, 2.24) is 4.98 Å². The molecular formula is C12H12Cl2N2O2S. The first-order valence-electron chi connectivity index (χ1n) is 5.28. The number of rotatable bonds is 2. The Hall–Kier alpha value is -1.14. The van der Waals surface area contributed by atoms with Crippen LogP contribution in [0, 0.1) is 0 Å². The number of pyridine rings is 1. The molecule has 102 valence electrons. The molecule has 0 aliphatic carbocycles. The summed E-state index contributed by atoms with van der Waals surface area (Å²) in [4.78, 5) is 15.4. The standard InChI is InChI=1S/C7H10N2.C5H2Cl2O2S/c1-9(2)7-3-5-8-6-4-7;6-2-1-3(5(8)9)10-4(2)7/h3-6H,1-2H3;1H,(H,8,9). The molecule has 2 rings (SSSR count). The Morgan fingerprint density at radius 1 is 1.32 bits per heavy atom. The minimum Gasteiger partial charge on any atom is -0.544 e. The van der Waals surface area contributed by atoms with E-state index < -0.39 is 5.97 Å². The molecule has 2 aromatic rings. The number of carboxylic acids is 1. The number of hydrogen-bond acceptors (Lipinski definition) is 4. The van der Waals surface area contributed by atoms with Gasteiger partial charge in [0, 0.05) is 24.5 Å². The summed E-state index contributed by atoms with van der Waals surface area (Å²) < 4.78 is 0.279. The van der Waals surface area contributed by atoms with E-state index in [1.807, 2.05) is 24.5 Å². The lowest BCUT2D eigenvalue weighted by Crippen LogP contribution is -3.00. The number of carbonyl (C=O) groups is 1. The summed E-state index contributed by atoms with van der Waals surface area (Å²) in [5, 5.41) is 10.4. The van der Waals surface area contributed by atoms with Crippen LogP contribution in [0.25, 0.3) is 0 Å². The molecule has 0 aliphatic rings. The Labute approximate surface area is 125 Å². The lowest BCUT2D eigenvalue weighted by atomic mass is 10.4. The number of aromatic nitrogens is 1. The van der Waals surface area contributed by atoms with Gasteiger partial charge in [-0.25, -0.2) is 0 Å². The average Bonchev–Trinajstić information content (AvgIpc) is 2.72. The molecule has 0 saturated heterocycles. The van der Waals surface area contributed by atoms with Crippen molar-refractivity contribution in [3.63, 3.8) is 0 Å². The summed E-state index contributed by atoms with van der Waals surface area (Å²) in [6.07, 6.45) is 3.62. The number of carboxylic acid groups (broad SMARTS) is 1. The van der Waals surface area contributed by atoms with Crippen molar-refractivity contribution < 1.29 is 14.8 Å². The molecule has 0 unspecified atom stereocenters. The zero-order valence-electron chi connectivity index (χ0n) is 10.3. The minimum atomic E-state index is -1.25. The highest BCUT2D eigenvalue weighted by Gasteiger charge is 2.04. The van der Waals surface area contributed by atoms with Gasteiger partial charge in [0.15, 0.2) is 0 Å². The van der Waals surface area contributed by atoms with Crippen LogP contribution in [0.1, 0.15) is 9.67 Å². The number of thiophene rings is 1. The van der Waals surface area contributed by atoms with Gasteiger partial charge in [0.05, 0.1) is 30.0 Å². The van der Waals surface area contributed by atoms with Gasteiger partial charge >= 0.3 is 0 Å². The predicted octanol–water partition coefficient (Wildman–Crippen LogP) is 1.28. The number of carbonyl (C=O) groups excluding carboxylic acids is 1. The maximum Gasteiger partial charge on any atom is 0.133 e. The maximum absolute atomic E-state index is 10.1. The fourth-order valence-electron chi connectivity index (χ4n) is 1.13. The van der Waals surface area contributed by atoms with Crippen molar-refractivity contribution in [2.24, 2.45) is 0 Å². The molecule has 0 bridgehead atoms. The van der Waals surface area contributed by atoms with Gasteiger partial charge in [-0.15, -0.1) is 11.3 Å². The van der Waals surface area contributed by atoms with Crippen molar-refractivity contribution in [3.05, 3.63) is 44.8 Å². The first-order valence-corrected chi connectivity index (χ1v) is 6.85. The molecule has 0 spiro atoms. The minimum absolute atomic E-state index is 0.0509. The van der Waals surface area contributed by atoms with Gasteiger partial charge in [-0.1, -0.05) is 23.2 Å². The number of aromatic carboxylic acids is 1. The Kier molecular flexibility index (Phi) is 6.24. The Balaban J connectivity index is 0.000000191. The van der Waals surface area contributed by atoms with E-state index in [-0.39, 0.29) is 14.2 Å². The molecule has 0 saturated carbocycles. The molecule has 0 atom stereocenters.